The molecule has 31 heavy (non-hydrogen) atoms. The first-order valence-electron chi connectivity index (χ1n) is 9.21. The van der Waals surface area contributed by atoms with Crippen molar-refractivity contribution in [2.24, 2.45) is 0 Å². The van der Waals surface area contributed by atoms with Gasteiger partial charge in [-0.25, -0.2) is 0 Å². The van der Waals surface area contributed by atoms with Crippen molar-refractivity contribution in [1.82, 2.24) is 14.8 Å². The molecule has 0 bridgehead atoms. The molecule has 3 aromatic rings. The molecule has 0 spiro atoms. The Labute approximate surface area is 198 Å². The van der Waals surface area contributed by atoms with Crippen LogP contribution in [0.15, 0.2) is 47.6 Å². The lowest BCUT2D eigenvalue weighted by molar-refractivity contribution is -0.116. The minimum absolute atomic E-state index is 0.0708. The highest BCUT2D eigenvalue weighted by atomic mass is 35.5. The van der Waals surface area contributed by atoms with Crippen LogP contribution in [0.25, 0.3) is 0 Å². The number of hydrogen-bond donors (Lipinski definition) is 2. The van der Waals surface area contributed by atoms with Gasteiger partial charge in [0.1, 0.15) is 5.82 Å². The standard InChI is InChI=1S/C20H18Cl3N5O2S/c1-2-28-17(10-18(29)24-12-6-4-3-5-7-12)26-27-20(28)31-11-19(30)25-16-9-14(22)13(21)8-15(16)23/h3-9H,2,10-11H2,1H3,(H,24,29)(H,25,30). The summed E-state index contributed by atoms with van der Waals surface area (Å²) in [7, 11) is 0. The topological polar surface area (TPSA) is 88.9 Å². The van der Waals surface area contributed by atoms with Gasteiger partial charge in [0.15, 0.2) is 5.16 Å². The summed E-state index contributed by atoms with van der Waals surface area (Å²) in [5.74, 6) is 0.104. The maximum atomic E-state index is 12.3. The summed E-state index contributed by atoms with van der Waals surface area (Å²) in [6, 6.07) is 12.1. The molecule has 0 aliphatic carbocycles. The number of halogens is 3. The van der Waals surface area contributed by atoms with Crippen molar-refractivity contribution in [3.05, 3.63) is 63.4 Å². The lowest BCUT2D eigenvalue weighted by atomic mass is 10.3. The molecule has 0 fully saturated rings. The van der Waals surface area contributed by atoms with Gasteiger partial charge in [-0.1, -0.05) is 64.8 Å². The van der Waals surface area contributed by atoms with Crippen molar-refractivity contribution in [3.63, 3.8) is 0 Å². The summed E-state index contributed by atoms with van der Waals surface area (Å²) in [4.78, 5) is 24.6. The Morgan fingerprint density at radius 3 is 2.39 bits per heavy atom. The van der Waals surface area contributed by atoms with Crippen molar-refractivity contribution in [1.29, 1.82) is 0 Å². The van der Waals surface area contributed by atoms with Gasteiger partial charge in [0.05, 0.1) is 32.9 Å². The molecule has 0 saturated heterocycles. The Kier molecular flexibility index (Phi) is 8.20. The second-order valence-corrected chi connectivity index (χ2v) is 8.48. The second-order valence-electron chi connectivity index (χ2n) is 6.32. The van der Waals surface area contributed by atoms with E-state index in [9.17, 15) is 9.59 Å². The van der Waals surface area contributed by atoms with Crippen LogP contribution >= 0.6 is 46.6 Å². The molecule has 7 nitrogen and oxygen atoms in total. The molecule has 3 rings (SSSR count). The minimum atomic E-state index is -0.292. The van der Waals surface area contributed by atoms with E-state index in [1.165, 1.54) is 23.9 Å². The molecule has 1 heterocycles. The molecule has 2 amide bonds. The average molecular weight is 499 g/mol. The average Bonchev–Trinajstić information content (AvgIpc) is 3.12. The van der Waals surface area contributed by atoms with Gasteiger partial charge in [0.25, 0.3) is 0 Å². The highest BCUT2D eigenvalue weighted by molar-refractivity contribution is 7.99. The molecule has 0 radical (unpaired) electrons. The largest absolute Gasteiger partial charge is 0.326 e. The summed E-state index contributed by atoms with van der Waals surface area (Å²) in [5.41, 5.74) is 1.08. The third-order valence-electron chi connectivity index (χ3n) is 4.10. The number of para-hydroxylation sites is 1. The first-order valence-corrected chi connectivity index (χ1v) is 11.3. The Hall–Kier alpha value is -2.26. The van der Waals surface area contributed by atoms with Gasteiger partial charge in [-0.2, -0.15) is 0 Å². The normalized spacial score (nSPS) is 10.7. The van der Waals surface area contributed by atoms with Crippen LogP contribution in [0.5, 0.6) is 0 Å². The minimum Gasteiger partial charge on any atom is -0.326 e. The number of amides is 2. The van der Waals surface area contributed by atoms with Crippen LogP contribution in [-0.4, -0.2) is 32.3 Å². The number of thioether (sulfide) groups is 1. The Balaban J connectivity index is 1.59. The molecule has 2 N–H and O–H groups in total. The van der Waals surface area contributed by atoms with Crippen LogP contribution in [0.3, 0.4) is 0 Å². The number of carbonyl (C=O) groups is 2. The van der Waals surface area contributed by atoms with Gasteiger partial charge in [-0.3, -0.25) is 9.59 Å². The predicted octanol–water partition coefficient (Wildman–Crippen LogP) is 5.17. The van der Waals surface area contributed by atoms with E-state index < -0.39 is 0 Å². The van der Waals surface area contributed by atoms with Crippen molar-refractivity contribution in [2.75, 3.05) is 16.4 Å². The summed E-state index contributed by atoms with van der Waals surface area (Å²) >= 11 is 19.2. The Bertz CT molecular complexity index is 1090. The summed E-state index contributed by atoms with van der Waals surface area (Å²) in [5, 5.41) is 15.2. The Morgan fingerprint density at radius 2 is 1.68 bits per heavy atom. The van der Waals surface area contributed by atoms with E-state index in [1.54, 1.807) is 4.57 Å². The molecule has 0 aliphatic rings. The molecular weight excluding hydrogens is 481 g/mol. The lowest BCUT2D eigenvalue weighted by Crippen LogP contribution is -2.18. The van der Waals surface area contributed by atoms with Gasteiger partial charge >= 0.3 is 0 Å². The first kappa shape index (κ1) is 23.4. The summed E-state index contributed by atoms with van der Waals surface area (Å²) < 4.78 is 1.80. The number of aromatic nitrogens is 3. The van der Waals surface area contributed by atoms with Gasteiger partial charge in [0.2, 0.25) is 11.8 Å². The Morgan fingerprint density at radius 1 is 0.968 bits per heavy atom. The van der Waals surface area contributed by atoms with E-state index in [-0.39, 0.29) is 34.0 Å². The molecule has 0 unspecified atom stereocenters. The monoisotopic (exact) mass is 497 g/mol. The molecule has 11 heteroatoms. The maximum Gasteiger partial charge on any atom is 0.234 e. The molecular formula is C20H18Cl3N5O2S. The highest BCUT2D eigenvalue weighted by Crippen LogP contribution is 2.32. The third-order valence-corrected chi connectivity index (χ3v) is 6.10. The zero-order valence-electron chi connectivity index (χ0n) is 16.4. The molecule has 1 aromatic heterocycles. The second kappa shape index (κ2) is 10.9. The van der Waals surface area contributed by atoms with Crippen LogP contribution < -0.4 is 10.6 Å². The SMILES string of the molecule is CCn1c(CC(=O)Nc2ccccc2)nnc1SCC(=O)Nc1cc(Cl)c(Cl)cc1Cl. The molecule has 162 valence electrons. The number of nitrogens with zero attached hydrogens (tertiary/aromatic N) is 3. The van der Waals surface area contributed by atoms with E-state index >= 15 is 0 Å². The van der Waals surface area contributed by atoms with Crippen molar-refractivity contribution in [3.8, 4) is 0 Å². The molecule has 2 aromatic carbocycles. The van der Waals surface area contributed by atoms with E-state index in [1.807, 2.05) is 37.3 Å². The van der Waals surface area contributed by atoms with Crippen molar-refractivity contribution >= 4 is 69.8 Å². The smallest absolute Gasteiger partial charge is 0.234 e. The van der Waals surface area contributed by atoms with Crippen LogP contribution in [0, 0.1) is 0 Å². The number of anilines is 2. The quantitative estimate of drug-likeness (QED) is 0.330. The fraction of sp³-hybridized carbons (Fsp3) is 0.200. The summed E-state index contributed by atoms with van der Waals surface area (Å²) in [6.45, 7) is 2.48. The number of carbonyl (C=O) groups excluding carboxylic acids is 2. The fourth-order valence-corrected chi connectivity index (χ4v) is 4.09. The van der Waals surface area contributed by atoms with Crippen LogP contribution in [-0.2, 0) is 22.6 Å². The van der Waals surface area contributed by atoms with Gasteiger partial charge < -0.3 is 15.2 Å². The highest BCUT2D eigenvalue weighted by Gasteiger charge is 2.17. The van der Waals surface area contributed by atoms with Crippen molar-refractivity contribution in [2.45, 2.75) is 25.0 Å². The fourth-order valence-electron chi connectivity index (χ4n) is 2.68. The van der Waals surface area contributed by atoms with E-state index in [4.69, 9.17) is 34.8 Å². The van der Waals surface area contributed by atoms with E-state index in [0.29, 0.717) is 33.9 Å². The zero-order valence-corrected chi connectivity index (χ0v) is 19.4. The molecule has 0 saturated carbocycles. The lowest BCUT2D eigenvalue weighted by Gasteiger charge is -2.10. The maximum absolute atomic E-state index is 12.3. The van der Waals surface area contributed by atoms with Gasteiger partial charge in [-0.05, 0) is 31.2 Å². The van der Waals surface area contributed by atoms with E-state index in [0.717, 1.165) is 0 Å². The number of hydrogen-bond acceptors (Lipinski definition) is 5. The molecule has 0 aliphatic heterocycles. The zero-order chi connectivity index (χ0) is 22.4. The van der Waals surface area contributed by atoms with Crippen LogP contribution in [0.1, 0.15) is 12.7 Å². The third kappa shape index (κ3) is 6.36. The summed E-state index contributed by atoms with van der Waals surface area (Å²) in [6.07, 6.45) is 0.0708. The number of nitrogens with one attached hydrogen (secondary N) is 2. The van der Waals surface area contributed by atoms with Crippen molar-refractivity contribution < 1.29 is 9.59 Å². The van der Waals surface area contributed by atoms with Crippen LogP contribution in [0.4, 0.5) is 11.4 Å². The first-order chi connectivity index (χ1) is 14.9. The number of rotatable bonds is 8. The molecule has 0 atom stereocenters. The number of benzene rings is 2. The predicted molar refractivity (Wildman–Crippen MR) is 125 cm³/mol. The van der Waals surface area contributed by atoms with Gasteiger partial charge in [-0.15, -0.1) is 10.2 Å². The van der Waals surface area contributed by atoms with Gasteiger partial charge in [0, 0.05) is 12.2 Å². The van der Waals surface area contributed by atoms with Crippen LogP contribution in [0.2, 0.25) is 15.1 Å². The van der Waals surface area contributed by atoms with E-state index in [2.05, 4.69) is 20.8 Å².